The monoisotopic (exact) mass is 303 g/mol. The van der Waals surface area contributed by atoms with Crippen LogP contribution in [-0.4, -0.2) is 28.0 Å². The number of hydrogen-bond acceptors (Lipinski definition) is 5. The van der Waals surface area contributed by atoms with Crippen LogP contribution >= 0.6 is 0 Å². The summed E-state index contributed by atoms with van der Waals surface area (Å²) in [5.74, 6) is 1.52. The lowest BCUT2D eigenvalue weighted by Crippen LogP contribution is -2.25. The van der Waals surface area contributed by atoms with Crippen LogP contribution in [0.25, 0.3) is 22.3 Å². The second-order valence-electron chi connectivity index (χ2n) is 5.12. The van der Waals surface area contributed by atoms with E-state index < -0.39 is 0 Å². The van der Waals surface area contributed by atoms with E-state index in [0.29, 0.717) is 18.8 Å². The number of hydrogen-bond donors (Lipinski definition) is 0. The molecule has 1 aromatic carbocycles. The minimum Gasteiger partial charge on any atom is -0.355 e. The van der Waals surface area contributed by atoms with Crippen molar-refractivity contribution in [1.82, 2.24) is 15.0 Å². The smallest absolute Gasteiger partial charge is 0.163 e. The van der Waals surface area contributed by atoms with E-state index in [2.05, 4.69) is 27.9 Å². The van der Waals surface area contributed by atoms with Crippen LogP contribution in [0.4, 0.5) is 5.82 Å². The topological polar surface area (TPSA) is 65.7 Å². The summed E-state index contributed by atoms with van der Waals surface area (Å²) < 4.78 is 0. The van der Waals surface area contributed by atoms with Crippen molar-refractivity contribution in [1.29, 1.82) is 5.26 Å². The lowest BCUT2D eigenvalue weighted by Gasteiger charge is -2.22. The summed E-state index contributed by atoms with van der Waals surface area (Å²) in [4.78, 5) is 15.7. The highest BCUT2D eigenvalue weighted by molar-refractivity contribution is 5.91. The molecule has 3 rings (SSSR count). The molecule has 5 nitrogen and oxygen atoms in total. The Hall–Kier alpha value is -3.00. The molecule has 0 bridgehead atoms. The van der Waals surface area contributed by atoms with Gasteiger partial charge in [0.15, 0.2) is 5.82 Å². The third-order valence-corrected chi connectivity index (χ3v) is 3.68. The fraction of sp³-hybridized carbons (Fsp3) is 0.222. The lowest BCUT2D eigenvalue weighted by atomic mass is 10.2. The fourth-order valence-corrected chi connectivity index (χ4v) is 2.52. The van der Waals surface area contributed by atoms with Crippen molar-refractivity contribution in [3.63, 3.8) is 0 Å². The third-order valence-electron chi connectivity index (χ3n) is 3.68. The highest BCUT2D eigenvalue weighted by atomic mass is 15.2. The maximum absolute atomic E-state index is 8.89. The van der Waals surface area contributed by atoms with Gasteiger partial charge in [-0.15, -0.1) is 0 Å². The first kappa shape index (κ1) is 14.9. The largest absolute Gasteiger partial charge is 0.355 e. The average Bonchev–Trinajstić information content (AvgIpc) is 2.62. The molecule has 0 aliphatic carbocycles. The van der Waals surface area contributed by atoms with Gasteiger partial charge in [-0.2, -0.15) is 5.26 Å². The van der Waals surface area contributed by atoms with Gasteiger partial charge < -0.3 is 4.90 Å². The van der Waals surface area contributed by atoms with Crippen LogP contribution in [-0.2, 0) is 0 Å². The minimum atomic E-state index is 0.467. The lowest BCUT2D eigenvalue weighted by molar-refractivity contribution is 0.814. The van der Waals surface area contributed by atoms with Gasteiger partial charge >= 0.3 is 0 Å². The number of aromatic nitrogens is 3. The Labute approximate surface area is 135 Å². The SMILES string of the molecule is CCN(CCC#N)c1nc(-c2cccnc2)nc2ccccc12. The summed E-state index contributed by atoms with van der Waals surface area (Å²) in [6, 6.07) is 14.0. The number of fused-ring (bicyclic) bond motifs is 1. The van der Waals surface area contributed by atoms with Crippen molar-refractivity contribution >= 4 is 16.7 Å². The van der Waals surface area contributed by atoms with Crippen LogP contribution in [0.1, 0.15) is 13.3 Å². The zero-order valence-corrected chi connectivity index (χ0v) is 13.0. The Balaban J connectivity index is 2.16. The van der Waals surface area contributed by atoms with Crippen LogP contribution in [0.15, 0.2) is 48.8 Å². The Kier molecular flexibility index (Phi) is 4.44. The average molecular weight is 303 g/mol. The van der Waals surface area contributed by atoms with E-state index in [4.69, 9.17) is 10.2 Å². The Morgan fingerprint density at radius 2 is 2.00 bits per heavy atom. The van der Waals surface area contributed by atoms with Crippen LogP contribution in [0.3, 0.4) is 0 Å². The molecular formula is C18H17N5. The van der Waals surface area contributed by atoms with Crippen LogP contribution in [0.5, 0.6) is 0 Å². The molecule has 0 unspecified atom stereocenters. The summed E-state index contributed by atoms with van der Waals surface area (Å²) >= 11 is 0. The molecule has 114 valence electrons. The van der Waals surface area contributed by atoms with E-state index in [1.807, 2.05) is 36.4 Å². The first-order valence-corrected chi connectivity index (χ1v) is 7.62. The van der Waals surface area contributed by atoms with Crippen molar-refractivity contribution in [3.05, 3.63) is 48.8 Å². The van der Waals surface area contributed by atoms with E-state index in [1.165, 1.54) is 0 Å². The van der Waals surface area contributed by atoms with Crippen molar-refractivity contribution < 1.29 is 0 Å². The van der Waals surface area contributed by atoms with Gasteiger partial charge in [0.2, 0.25) is 0 Å². The van der Waals surface area contributed by atoms with E-state index in [-0.39, 0.29) is 0 Å². The molecule has 0 radical (unpaired) electrons. The van der Waals surface area contributed by atoms with Gasteiger partial charge in [0, 0.05) is 36.4 Å². The van der Waals surface area contributed by atoms with Gasteiger partial charge in [-0.25, -0.2) is 9.97 Å². The van der Waals surface area contributed by atoms with E-state index in [1.54, 1.807) is 12.4 Å². The van der Waals surface area contributed by atoms with Gasteiger partial charge in [0.25, 0.3) is 0 Å². The highest BCUT2D eigenvalue weighted by Gasteiger charge is 2.14. The Morgan fingerprint density at radius 3 is 2.74 bits per heavy atom. The number of pyridine rings is 1. The number of nitriles is 1. The second-order valence-corrected chi connectivity index (χ2v) is 5.12. The molecule has 2 aromatic heterocycles. The molecule has 3 aromatic rings. The van der Waals surface area contributed by atoms with E-state index in [0.717, 1.165) is 28.8 Å². The van der Waals surface area contributed by atoms with Crippen molar-refractivity contribution in [3.8, 4) is 17.5 Å². The number of para-hydroxylation sites is 1. The van der Waals surface area contributed by atoms with Crippen molar-refractivity contribution in [2.24, 2.45) is 0 Å². The van der Waals surface area contributed by atoms with E-state index >= 15 is 0 Å². The first-order valence-electron chi connectivity index (χ1n) is 7.62. The molecule has 0 atom stereocenters. The first-order chi connectivity index (χ1) is 11.3. The quantitative estimate of drug-likeness (QED) is 0.722. The molecule has 0 N–H and O–H groups in total. The molecule has 0 fully saturated rings. The Morgan fingerprint density at radius 1 is 1.13 bits per heavy atom. The zero-order valence-electron chi connectivity index (χ0n) is 13.0. The summed E-state index contributed by atoms with van der Waals surface area (Å²) in [6.45, 7) is 3.51. The standard InChI is InChI=1S/C18H17N5/c1-2-23(12-6-10-19)18-15-8-3-4-9-16(15)21-17(22-18)14-7-5-11-20-13-14/h3-5,7-9,11,13H,2,6,12H2,1H3. The Bertz CT molecular complexity index is 839. The van der Waals surface area contributed by atoms with E-state index in [9.17, 15) is 0 Å². The molecule has 2 heterocycles. The van der Waals surface area contributed by atoms with Gasteiger partial charge in [0.1, 0.15) is 5.82 Å². The molecule has 0 saturated carbocycles. The molecule has 0 aliphatic rings. The van der Waals surface area contributed by atoms with Crippen molar-refractivity contribution in [2.45, 2.75) is 13.3 Å². The summed E-state index contributed by atoms with van der Waals surface area (Å²) in [5, 5.41) is 9.89. The van der Waals surface area contributed by atoms with Crippen LogP contribution < -0.4 is 4.90 Å². The summed E-state index contributed by atoms with van der Waals surface area (Å²) in [7, 11) is 0. The van der Waals surface area contributed by atoms with Gasteiger partial charge in [0.05, 0.1) is 18.0 Å². The molecule has 0 aliphatic heterocycles. The third kappa shape index (κ3) is 3.11. The number of nitrogens with zero attached hydrogens (tertiary/aromatic N) is 5. The predicted molar refractivity (Wildman–Crippen MR) is 90.9 cm³/mol. The molecule has 5 heteroatoms. The minimum absolute atomic E-state index is 0.467. The molecular weight excluding hydrogens is 286 g/mol. The van der Waals surface area contributed by atoms with Gasteiger partial charge in [-0.05, 0) is 31.2 Å². The van der Waals surface area contributed by atoms with Gasteiger partial charge in [-0.3, -0.25) is 4.98 Å². The summed E-state index contributed by atoms with van der Waals surface area (Å²) in [6.07, 6.45) is 3.96. The van der Waals surface area contributed by atoms with Crippen LogP contribution in [0, 0.1) is 11.3 Å². The maximum atomic E-state index is 8.89. The number of benzene rings is 1. The molecule has 0 saturated heterocycles. The number of rotatable bonds is 5. The molecule has 23 heavy (non-hydrogen) atoms. The summed E-state index contributed by atoms with van der Waals surface area (Å²) in [5.41, 5.74) is 1.78. The maximum Gasteiger partial charge on any atom is 0.163 e. The van der Waals surface area contributed by atoms with Gasteiger partial charge in [-0.1, -0.05) is 12.1 Å². The molecule has 0 spiro atoms. The molecule has 0 amide bonds. The van der Waals surface area contributed by atoms with Crippen molar-refractivity contribution in [2.75, 3.05) is 18.0 Å². The second kappa shape index (κ2) is 6.84. The zero-order chi connectivity index (χ0) is 16.1. The number of anilines is 1. The normalized spacial score (nSPS) is 10.4. The fourth-order valence-electron chi connectivity index (χ4n) is 2.52. The predicted octanol–water partition coefficient (Wildman–Crippen LogP) is 3.43. The highest BCUT2D eigenvalue weighted by Crippen LogP contribution is 2.27. The van der Waals surface area contributed by atoms with Crippen LogP contribution in [0.2, 0.25) is 0 Å².